The second-order valence-corrected chi connectivity index (χ2v) is 6.43. The van der Waals surface area contributed by atoms with E-state index in [1.807, 2.05) is 78.9 Å². The van der Waals surface area contributed by atoms with Crippen LogP contribution in [0.1, 0.15) is 12.0 Å². The molecule has 0 aliphatic heterocycles. The Bertz CT molecular complexity index is 969. The van der Waals surface area contributed by atoms with Crippen molar-refractivity contribution in [3.8, 4) is 16.9 Å². The van der Waals surface area contributed by atoms with Crippen molar-refractivity contribution >= 4 is 17.6 Å². The lowest BCUT2D eigenvalue weighted by Gasteiger charge is -2.12. The molecule has 0 saturated carbocycles. The molecule has 0 aromatic heterocycles. The van der Waals surface area contributed by atoms with E-state index in [0.717, 1.165) is 22.4 Å². The molecule has 0 unspecified atom stereocenters. The van der Waals surface area contributed by atoms with Crippen LogP contribution in [0.4, 0.5) is 5.69 Å². The van der Waals surface area contributed by atoms with Gasteiger partial charge in [0.15, 0.2) is 6.61 Å². The Morgan fingerprint density at radius 3 is 2.34 bits per heavy atom. The summed E-state index contributed by atoms with van der Waals surface area (Å²) in [5.74, 6) is -0.0722. The smallest absolute Gasteiger partial charge is 0.306 e. The molecule has 0 aliphatic carbocycles. The maximum atomic E-state index is 12.3. The predicted octanol–water partition coefficient (Wildman–Crippen LogP) is 4.48. The quantitative estimate of drug-likeness (QED) is 0.577. The number of aryl methyl sites for hydroxylation is 1. The van der Waals surface area contributed by atoms with Crippen LogP contribution in [0.15, 0.2) is 78.9 Å². The summed E-state index contributed by atoms with van der Waals surface area (Å²) in [5, 5.41) is 2.82. The van der Waals surface area contributed by atoms with E-state index in [0.29, 0.717) is 12.1 Å². The number of amides is 1. The number of methoxy groups -OCH3 is 1. The van der Waals surface area contributed by atoms with Crippen molar-refractivity contribution in [2.75, 3.05) is 19.0 Å². The van der Waals surface area contributed by atoms with Crippen LogP contribution in [0.2, 0.25) is 0 Å². The van der Waals surface area contributed by atoms with Gasteiger partial charge in [0.25, 0.3) is 5.91 Å². The highest BCUT2D eigenvalue weighted by molar-refractivity contribution is 5.96. The fourth-order valence-electron chi connectivity index (χ4n) is 3.01. The molecule has 148 valence electrons. The highest BCUT2D eigenvalue weighted by atomic mass is 16.5. The lowest BCUT2D eigenvalue weighted by Crippen LogP contribution is -2.21. The van der Waals surface area contributed by atoms with Gasteiger partial charge in [-0.2, -0.15) is 0 Å². The van der Waals surface area contributed by atoms with Gasteiger partial charge in [0, 0.05) is 17.7 Å². The molecule has 5 nitrogen and oxygen atoms in total. The Morgan fingerprint density at radius 1 is 0.862 bits per heavy atom. The lowest BCUT2D eigenvalue weighted by molar-refractivity contribution is -0.147. The molecule has 1 amide bonds. The highest BCUT2D eigenvalue weighted by Crippen LogP contribution is 2.27. The number of hydrogen-bond acceptors (Lipinski definition) is 4. The van der Waals surface area contributed by atoms with Crippen LogP contribution in [0.25, 0.3) is 11.1 Å². The molecule has 0 saturated heterocycles. The summed E-state index contributed by atoms with van der Waals surface area (Å²) in [4.78, 5) is 24.3. The molecule has 0 bridgehead atoms. The number of hydrogen-bond donors (Lipinski definition) is 1. The monoisotopic (exact) mass is 389 g/mol. The molecule has 29 heavy (non-hydrogen) atoms. The van der Waals surface area contributed by atoms with Gasteiger partial charge in [-0.25, -0.2) is 0 Å². The first kappa shape index (κ1) is 20.1. The van der Waals surface area contributed by atoms with Crippen LogP contribution in [0.3, 0.4) is 0 Å². The SMILES string of the molecule is COc1ccccc1CCC(=O)OCC(=O)Nc1ccccc1-c1ccccc1. The zero-order chi connectivity index (χ0) is 20.5. The minimum atomic E-state index is -0.428. The van der Waals surface area contributed by atoms with Gasteiger partial charge in [-0.15, -0.1) is 0 Å². The van der Waals surface area contributed by atoms with Crippen LogP contribution in [-0.4, -0.2) is 25.6 Å². The van der Waals surface area contributed by atoms with Crippen molar-refractivity contribution in [1.82, 2.24) is 0 Å². The number of para-hydroxylation sites is 2. The molecule has 0 spiro atoms. The minimum Gasteiger partial charge on any atom is -0.496 e. The Labute approximate surface area is 170 Å². The van der Waals surface area contributed by atoms with E-state index in [1.165, 1.54) is 0 Å². The largest absolute Gasteiger partial charge is 0.496 e. The number of esters is 1. The third kappa shape index (κ3) is 5.69. The van der Waals surface area contributed by atoms with Gasteiger partial charge in [-0.05, 0) is 29.7 Å². The normalized spacial score (nSPS) is 10.2. The van der Waals surface area contributed by atoms with Crippen molar-refractivity contribution in [1.29, 1.82) is 0 Å². The first-order valence-electron chi connectivity index (χ1n) is 9.39. The van der Waals surface area contributed by atoms with Crippen molar-refractivity contribution < 1.29 is 19.1 Å². The van der Waals surface area contributed by atoms with Gasteiger partial charge in [0.05, 0.1) is 7.11 Å². The fourth-order valence-corrected chi connectivity index (χ4v) is 3.01. The molecule has 3 rings (SSSR count). The van der Waals surface area contributed by atoms with E-state index in [9.17, 15) is 9.59 Å². The Balaban J connectivity index is 1.52. The summed E-state index contributed by atoms with van der Waals surface area (Å²) >= 11 is 0. The van der Waals surface area contributed by atoms with Gasteiger partial charge in [-0.1, -0.05) is 66.7 Å². The standard InChI is InChI=1S/C24H23NO4/c1-28-22-14-8-5-11-19(22)15-16-24(27)29-17-23(26)25-21-13-7-6-12-20(21)18-9-3-2-4-10-18/h2-14H,15-17H2,1H3,(H,25,26). The Morgan fingerprint density at radius 2 is 1.55 bits per heavy atom. The van der Waals surface area contributed by atoms with Gasteiger partial charge in [-0.3, -0.25) is 9.59 Å². The van der Waals surface area contributed by atoms with Crippen LogP contribution >= 0.6 is 0 Å². The average molecular weight is 389 g/mol. The molecular weight excluding hydrogens is 366 g/mol. The summed E-state index contributed by atoms with van der Waals surface area (Å²) in [5.41, 5.74) is 3.50. The van der Waals surface area contributed by atoms with Crippen LogP contribution in [-0.2, 0) is 20.7 Å². The van der Waals surface area contributed by atoms with Crippen LogP contribution in [0.5, 0.6) is 5.75 Å². The molecule has 3 aromatic carbocycles. The van der Waals surface area contributed by atoms with Gasteiger partial charge >= 0.3 is 5.97 Å². The molecule has 1 N–H and O–H groups in total. The second-order valence-electron chi connectivity index (χ2n) is 6.43. The van der Waals surface area contributed by atoms with Crippen molar-refractivity contribution in [2.45, 2.75) is 12.8 Å². The molecule has 0 heterocycles. The van der Waals surface area contributed by atoms with Crippen LogP contribution < -0.4 is 10.1 Å². The highest BCUT2D eigenvalue weighted by Gasteiger charge is 2.12. The Hall–Kier alpha value is -3.60. The van der Waals surface area contributed by atoms with Gasteiger partial charge in [0.2, 0.25) is 0 Å². The Kier molecular flexibility index (Phi) is 7.00. The van der Waals surface area contributed by atoms with Crippen LogP contribution in [0, 0.1) is 0 Å². The molecule has 5 heteroatoms. The van der Waals surface area contributed by atoms with E-state index < -0.39 is 5.97 Å². The van der Waals surface area contributed by atoms with E-state index in [4.69, 9.17) is 9.47 Å². The van der Waals surface area contributed by atoms with E-state index in [1.54, 1.807) is 7.11 Å². The molecule has 0 atom stereocenters. The van der Waals surface area contributed by atoms with Crippen molar-refractivity contribution in [3.63, 3.8) is 0 Å². The molecule has 3 aromatic rings. The van der Waals surface area contributed by atoms with E-state index in [2.05, 4.69) is 5.32 Å². The van der Waals surface area contributed by atoms with Crippen molar-refractivity contribution in [3.05, 3.63) is 84.4 Å². The second kappa shape index (κ2) is 10.1. The topological polar surface area (TPSA) is 64.6 Å². The average Bonchev–Trinajstić information content (AvgIpc) is 2.77. The lowest BCUT2D eigenvalue weighted by atomic mass is 10.0. The zero-order valence-corrected chi connectivity index (χ0v) is 16.3. The summed E-state index contributed by atoms with van der Waals surface area (Å²) < 4.78 is 10.4. The number of anilines is 1. The third-order valence-corrected chi connectivity index (χ3v) is 4.44. The molecule has 0 radical (unpaired) electrons. The van der Waals surface area contributed by atoms with Crippen molar-refractivity contribution in [2.24, 2.45) is 0 Å². The fraction of sp³-hybridized carbons (Fsp3) is 0.167. The predicted molar refractivity (Wildman–Crippen MR) is 113 cm³/mol. The summed E-state index contributed by atoms with van der Waals surface area (Å²) in [6.45, 7) is -0.326. The summed E-state index contributed by atoms with van der Waals surface area (Å²) in [6, 6.07) is 24.8. The number of benzene rings is 3. The molecular formula is C24H23NO4. The summed E-state index contributed by atoms with van der Waals surface area (Å²) in [6.07, 6.45) is 0.662. The zero-order valence-electron chi connectivity index (χ0n) is 16.3. The summed E-state index contributed by atoms with van der Waals surface area (Å²) in [7, 11) is 1.59. The first-order chi connectivity index (χ1) is 14.2. The maximum Gasteiger partial charge on any atom is 0.306 e. The minimum absolute atomic E-state index is 0.175. The van der Waals surface area contributed by atoms with E-state index in [-0.39, 0.29) is 18.9 Å². The van der Waals surface area contributed by atoms with E-state index >= 15 is 0 Å². The number of rotatable bonds is 8. The molecule has 0 aliphatic rings. The van der Waals surface area contributed by atoms with Gasteiger partial charge < -0.3 is 14.8 Å². The number of nitrogens with one attached hydrogen (secondary N) is 1. The number of carbonyl (C=O) groups excluding carboxylic acids is 2. The number of ether oxygens (including phenoxy) is 2. The first-order valence-corrected chi connectivity index (χ1v) is 9.39. The number of carbonyl (C=O) groups is 2. The van der Waals surface area contributed by atoms with Gasteiger partial charge in [0.1, 0.15) is 5.75 Å². The third-order valence-electron chi connectivity index (χ3n) is 4.44. The maximum absolute atomic E-state index is 12.3. The molecule has 0 fully saturated rings.